The average molecular weight is 293 g/mol. The monoisotopic (exact) mass is 293 g/mol. The first kappa shape index (κ1) is 15.5. The second-order valence-electron chi connectivity index (χ2n) is 4.82. The molecule has 2 rings (SSSR count). The number of aliphatic hydroxyl groups excluding tert-OH is 1. The fourth-order valence-corrected chi connectivity index (χ4v) is 1.91. The van der Waals surface area contributed by atoms with Crippen molar-refractivity contribution in [1.82, 2.24) is 15.1 Å². The third kappa shape index (κ3) is 5.17. The van der Waals surface area contributed by atoms with Crippen molar-refractivity contribution in [2.24, 2.45) is 7.05 Å². The van der Waals surface area contributed by atoms with E-state index in [1.807, 2.05) is 17.8 Å². The molecule has 0 amide bonds. The Morgan fingerprint density at radius 2 is 2.10 bits per heavy atom. The molecule has 1 heterocycles. The number of aromatic nitrogens is 2. The Balaban J connectivity index is 1.60. The molecule has 2 N–H and O–H groups in total. The number of benzene rings is 1. The third-order valence-corrected chi connectivity index (χ3v) is 3.12. The van der Waals surface area contributed by atoms with Crippen molar-refractivity contribution in [3.05, 3.63) is 48.0 Å². The van der Waals surface area contributed by atoms with E-state index in [2.05, 4.69) is 10.4 Å². The van der Waals surface area contributed by atoms with E-state index in [0.29, 0.717) is 12.3 Å². The Bertz CT molecular complexity index is 542. The summed E-state index contributed by atoms with van der Waals surface area (Å²) >= 11 is 0. The topological polar surface area (TPSA) is 59.3 Å². The van der Waals surface area contributed by atoms with Crippen molar-refractivity contribution in [2.75, 3.05) is 19.7 Å². The maximum atomic E-state index is 12.7. The minimum Gasteiger partial charge on any atom is -0.491 e. The number of aliphatic hydroxyl groups is 1. The standard InChI is InChI=1S/C15H20FN3O2/c1-19-13(7-9-18-19)6-8-17-10-14(20)11-21-15-4-2-12(16)3-5-15/h2-5,7,9,14,17,20H,6,8,10-11H2,1H3. The van der Waals surface area contributed by atoms with Crippen LogP contribution in [0.1, 0.15) is 5.69 Å². The molecule has 1 unspecified atom stereocenters. The van der Waals surface area contributed by atoms with Crippen LogP contribution in [0, 0.1) is 5.82 Å². The largest absolute Gasteiger partial charge is 0.491 e. The lowest BCUT2D eigenvalue weighted by Crippen LogP contribution is -2.32. The molecule has 0 saturated heterocycles. The smallest absolute Gasteiger partial charge is 0.123 e. The van der Waals surface area contributed by atoms with Crippen molar-refractivity contribution in [3.63, 3.8) is 0 Å². The second-order valence-corrected chi connectivity index (χ2v) is 4.82. The van der Waals surface area contributed by atoms with E-state index in [9.17, 15) is 9.50 Å². The van der Waals surface area contributed by atoms with Crippen molar-refractivity contribution >= 4 is 0 Å². The zero-order valence-corrected chi connectivity index (χ0v) is 12.0. The van der Waals surface area contributed by atoms with Gasteiger partial charge in [-0.2, -0.15) is 5.10 Å². The summed E-state index contributed by atoms with van der Waals surface area (Å²) in [7, 11) is 1.90. The maximum Gasteiger partial charge on any atom is 0.123 e. The van der Waals surface area contributed by atoms with E-state index in [-0.39, 0.29) is 12.4 Å². The number of hydrogen-bond donors (Lipinski definition) is 2. The van der Waals surface area contributed by atoms with Crippen molar-refractivity contribution in [3.8, 4) is 5.75 Å². The first-order valence-electron chi connectivity index (χ1n) is 6.89. The molecular weight excluding hydrogens is 273 g/mol. The zero-order valence-electron chi connectivity index (χ0n) is 12.0. The number of aryl methyl sites for hydroxylation is 1. The predicted molar refractivity (Wildman–Crippen MR) is 77.7 cm³/mol. The van der Waals surface area contributed by atoms with Gasteiger partial charge in [-0.3, -0.25) is 4.68 Å². The quantitative estimate of drug-likeness (QED) is 0.716. The van der Waals surface area contributed by atoms with Gasteiger partial charge in [-0.15, -0.1) is 0 Å². The number of hydrogen-bond acceptors (Lipinski definition) is 4. The van der Waals surface area contributed by atoms with Gasteiger partial charge in [0.1, 0.15) is 24.3 Å². The van der Waals surface area contributed by atoms with Gasteiger partial charge in [0.2, 0.25) is 0 Å². The highest BCUT2D eigenvalue weighted by Crippen LogP contribution is 2.11. The summed E-state index contributed by atoms with van der Waals surface area (Å²) < 4.78 is 19.9. The molecule has 114 valence electrons. The van der Waals surface area contributed by atoms with Gasteiger partial charge >= 0.3 is 0 Å². The molecule has 0 aliphatic heterocycles. The molecule has 0 aliphatic rings. The van der Waals surface area contributed by atoms with Crippen molar-refractivity contribution in [1.29, 1.82) is 0 Å². The molecule has 0 fully saturated rings. The van der Waals surface area contributed by atoms with Crippen LogP contribution >= 0.6 is 0 Å². The van der Waals surface area contributed by atoms with Crippen LogP contribution in [0.4, 0.5) is 4.39 Å². The van der Waals surface area contributed by atoms with E-state index >= 15 is 0 Å². The first-order valence-corrected chi connectivity index (χ1v) is 6.89. The Hall–Kier alpha value is -1.92. The minimum absolute atomic E-state index is 0.171. The fraction of sp³-hybridized carbons (Fsp3) is 0.400. The van der Waals surface area contributed by atoms with Gasteiger partial charge in [0, 0.05) is 38.4 Å². The van der Waals surface area contributed by atoms with Gasteiger partial charge in [0.05, 0.1) is 0 Å². The molecule has 0 spiro atoms. The van der Waals surface area contributed by atoms with Crippen LogP contribution in [0.25, 0.3) is 0 Å². The highest BCUT2D eigenvalue weighted by Gasteiger charge is 2.05. The van der Waals surface area contributed by atoms with Gasteiger partial charge < -0.3 is 15.2 Å². The maximum absolute atomic E-state index is 12.7. The van der Waals surface area contributed by atoms with Crippen LogP contribution in [0.15, 0.2) is 36.5 Å². The summed E-state index contributed by atoms with van der Waals surface area (Å²) in [6.45, 7) is 1.37. The molecule has 21 heavy (non-hydrogen) atoms. The molecule has 1 aromatic heterocycles. The van der Waals surface area contributed by atoms with Gasteiger partial charge in [0.15, 0.2) is 0 Å². The molecule has 0 bridgehead atoms. The van der Waals surface area contributed by atoms with Crippen LogP contribution in [0.2, 0.25) is 0 Å². The molecule has 6 heteroatoms. The average Bonchev–Trinajstić information content (AvgIpc) is 2.88. The Morgan fingerprint density at radius 3 is 2.76 bits per heavy atom. The third-order valence-electron chi connectivity index (χ3n) is 3.12. The van der Waals surface area contributed by atoms with Gasteiger partial charge in [-0.1, -0.05) is 0 Å². The Labute approximate surface area is 123 Å². The van der Waals surface area contributed by atoms with Crippen LogP contribution in [0.5, 0.6) is 5.75 Å². The lowest BCUT2D eigenvalue weighted by molar-refractivity contribution is 0.106. The number of ether oxygens (including phenoxy) is 1. The second kappa shape index (κ2) is 7.75. The van der Waals surface area contributed by atoms with E-state index in [0.717, 1.165) is 18.7 Å². The molecule has 1 atom stereocenters. The highest BCUT2D eigenvalue weighted by molar-refractivity contribution is 5.22. The number of nitrogens with zero attached hydrogens (tertiary/aromatic N) is 2. The summed E-state index contributed by atoms with van der Waals surface area (Å²) in [4.78, 5) is 0. The van der Waals surface area contributed by atoms with E-state index in [1.165, 1.54) is 24.3 Å². The van der Waals surface area contributed by atoms with Gasteiger partial charge in [0.25, 0.3) is 0 Å². The Kier molecular flexibility index (Phi) is 5.71. The molecule has 2 aromatic rings. The number of halogens is 1. The molecule has 5 nitrogen and oxygen atoms in total. The first-order chi connectivity index (χ1) is 10.1. The van der Waals surface area contributed by atoms with Gasteiger partial charge in [-0.05, 0) is 30.3 Å². The molecule has 1 aromatic carbocycles. The fourth-order valence-electron chi connectivity index (χ4n) is 1.91. The normalized spacial score (nSPS) is 12.3. The Morgan fingerprint density at radius 1 is 1.33 bits per heavy atom. The van der Waals surface area contributed by atoms with Crippen molar-refractivity contribution in [2.45, 2.75) is 12.5 Å². The summed E-state index contributed by atoms with van der Waals surface area (Å²) in [6.07, 6.45) is 2.00. The summed E-state index contributed by atoms with van der Waals surface area (Å²) in [5, 5.41) is 17.1. The lowest BCUT2D eigenvalue weighted by Gasteiger charge is -2.13. The van der Waals surface area contributed by atoms with Gasteiger partial charge in [-0.25, -0.2) is 4.39 Å². The summed E-state index contributed by atoms with van der Waals surface area (Å²) in [6, 6.07) is 7.70. The molecule has 0 saturated carbocycles. The molecular formula is C15H20FN3O2. The van der Waals surface area contributed by atoms with E-state index in [4.69, 9.17) is 4.74 Å². The predicted octanol–water partition coefficient (Wildman–Crippen LogP) is 1.13. The number of rotatable bonds is 8. The van der Waals surface area contributed by atoms with Crippen molar-refractivity contribution < 1.29 is 14.2 Å². The SMILES string of the molecule is Cn1nccc1CCNCC(O)COc1ccc(F)cc1. The molecule has 0 aliphatic carbocycles. The van der Waals surface area contributed by atoms with Crippen LogP contribution in [0.3, 0.4) is 0 Å². The van der Waals surface area contributed by atoms with Crippen LogP contribution in [-0.4, -0.2) is 40.7 Å². The minimum atomic E-state index is -0.610. The summed E-state index contributed by atoms with van der Waals surface area (Å²) in [5.74, 6) is 0.241. The summed E-state index contributed by atoms with van der Waals surface area (Å²) in [5.41, 5.74) is 1.14. The number of nitrogens with one attached hydrogen (secondary N) is 1. The molecule has 0 radical (unpaired) electrons. The highest BCUT2D eigenvalue weighted by atomic mass is 19.1. The van der Waals surface area contributed by atoms with E-state index < -0.39 is 6.10 Å². The van der Waals surface area contributed by atoms with E-state index in [1.54, 1.807) is 6.20 Å². The lowest BCUT2D eigenvalue weighted by atomic mass is 10.3. The zero-order chi connectivity index (χ0) is 15.1. The van der Waals surface area contributed by atoms with Crippen LogP contribution in [-0.2, 0) is 13.5 Å². The van der Waals surface area contributed by atoms with Crippen LogP contribution < -0.4 is 10.1 Å².